The Bertz CT molecular complexity index is 1160. The summed E-state index contributed by atoms with van der Waals surface area (Å²) >= 11 is 6.07. The van der Waals surface area contributed by atoms with Crippen molar-refractivity contribution in [2.24, 2.45) is 23.7 Å². The smallest absolute Gasteiger partial charge is 0.257 e. The molecule has 0 spiro atoms. The molecule has 0 unspecified atom stereocenters. The van der Waals surface area contributed by atoms with Gasteiger partial charge in [-0.15, -0.1) is 0 Å². The molecule has 0 aromatic heterocycles. The highest BCUT2D eigenvalue weighted by atomic mass is 35.5. The normalized spacial score (nSPS) is 26.2. The van der Waals surface area contributed by atoms with E-state index in [-0.39, 0.29) is 41.0 Å². The van der Waals surface area contributed by atoms with Gasteiger partial charge in [-0.2, -0.15) is 0 Å². The number of allylic oxidation sites excluding steroid dienone is 2. The molecule has 2 aromatic rings. The van der Waals surface area contributed by atoms with E-state index in [4.69, 9.17) is 16.3 Å². The van der Waals surface area contributed by atoms with Crippen molar-refractivity contribution in [3.05, 3.63) is 64.7 Å². The van der Waals surface area contributed by atoms with Gasteiger partial charge in [0.15, 0.2) is 0 Å². The highest BCUT2D eigenvalue weighted by molar-refractivity contribution is 6.31. The summed E-state index contributed by atoms with van der Waals surface area (Å²) in [6.07, 6.45) is 2.99. The zero-order valence-electron chi connectivity index (χ0n) is 17.1. The second-order valence-corrected chi connectivity index (χ2v) is 8.73. The lowest BCUT2D eigenvalue weighted by Crippen LogP contribution is -2.34. The Morgan fingerprint density at radius 2 is 1.87 bits per heavy atom. The Morgan fingerprint density at radius 1 is 1.13 bits per heavy atom. The second kappa shape index (κ2) is 7.24. The molecule has 1 saturated carbocycles. The predicted octanol–water partition coefficient (Wildman–Crippen LogP) is 4.30. The number of rotatable bonds is 4. The number of para-hydroxylation sites is 1. The van der Waals surface area contributed by atoms with Crippen molar-refractivity contribution in [1.82, 2.24) is 0 Å². The van der Waals surface area contributed by atoms with Gasteiger partial charge in [-0.25, -0.2) is 4.90 Å². The molecule has 5 rings (SSSR count). The van der Waals surface area contributed by atoms with Crippen LogP contribution in [0.5, 0.6) is 5.75 Å². The Kier molecular flexibility index (Phi) is 4.63. The maximum Gasteiger partial charge on any atom is 0.257 e. The van der Waals surface area contributed by atoms with Gasteiger partial charge in [-0.3, -0.25) is 14.4 Å². The molecule has 31 heavy (non-hydrogen) atoms. The zero-order chi connectivity index (χ0) is 21.9. The molecule has 158 valence electrons. The number of halogens is 1. The average Bonchev–Trinajstić information content (AvgIpc) is 3.38. The van der Waals surface area contributed by atoms with Gasteiger partial charge in [0.1, 0.15) is 5.75 Å². The topological polar surface area (TPSA) is 75.7 Å². The summed E-state index contributed by atoms with van der Waals surface area (Å²) in [5.41, 5.74) is 2.14. The lowest BCUT2D eigenvalue weighted by Gasteiger charge is -2.21. The van der Waals surface area contributed by atoms with Crippen LogP contribution in [0.2, 0.25) is 5.02 Å². The van der Waals surface area contributed by atoms with Crippen LogP contribution in [0.4, 0.5) is 11.4 Å². The van der Waals surface area contributed by atoms with Gasteiger partial charge >= 0.3 is 0 Å². The van der Waals surface area contributed by atoms with E-state index in [9.17, 15) is 14.4 Å². The first-order valence-electron chi connectivity index (χ1n) is 10.2. The standard InChI is InChI=1S/C24H21ClN2O4/c1-12-9-13-10-16(12)21-20(13)23(29)27(24(21)30)18-6-4-3-5-15(18)22(28)26-17-11-14(25)7-8-19(17)31-2/h3-9,11,13,16,20-21H,10H2,1-2H3,(H,26,28)/t13-,16+,20-,21-/m0/s1. The fourth-order valence-corrected chi connectivity index (χ4v) is 5.51. The molecule has 3 aliphatic rings. The van der Waals surface area contributed by atoms with Crippen molar-refractivity contribution in [3.8, 4) is 5.75 Å². The summed E-state index contributed by atoms with van der Waals surface area (Å²) in [6, 6.07) is 11.6. The van der Waals surface area contributed by atoms with Crippen LogP contribution in [-0.4, -0.2) is 24.8 Å². The number of methoxy groups -OCH3 is 1. The Hall–Kier alpha value is -3.12. The Labute approximate surface area is 184 Å². The zero-order valence-corrected chi connectivity index (χ0v) is 17.8. The fourth-order valence-electron chi connectivity index (χ4n) is 5.34. The lowest BCUT2D eigenvalue weighted by molar-refractivity contribution is -0.123. The van der Waals surface area contributed by atoms with Crippen LogP contribution in [0.3, 0.4) is 0 Å². The molecule has 2 bridgehead atoms. The molecule has 0 radical (unpaired) electrons. The van der Waals surface area contributed by atoms with Gasteiger partial charge in [-0.05, 0) is 55.5 Å². The van der Waals surface area contributed by atoms with E-state index < -0.39 is 5.91 Å². The van der Waals surface area contributed by atoms with E-state index in [1.54, 1.807) is 42.5 Å². The van der Waals surface area contributed by atoms with E-state index in [0.29, 0.717) is 22.1 Å². The van der Waals surface area contributed by atoms with Gasteiger partial charge in [0, 0.05) is 5.02 Å². The third-order valence-corrected chi connectivity index (χ3v) is 6.92. The molecule has 2 fully saturated rings. The van der Waals surface area contributed by atoms with Crippen molar-refractivity contribution in [2.45, 2.75) is 13.3 Å². The van der Waals surface area contributed by atoms with E-state index in [1.807, 2.05) is 6.92 Å². The fraction of sp³-hybridized carbons (Fsp3) is 0.292. The van der Waals surface area contributed by atoms with Gasteiger partial charge in [0.25, 0.3) is 5.91 Å². The largest absolute Gasteiger partial charge is 0.495 e. The second-order valence-electron chi connectivity index (χ2n) is 8.30. The van der Waals surface area contributed by atoms with Crippen LogP contribution in [0.1, 0.15) is 23.7 Å². The molecule has 7 heteroatoms. The first-order valence-corrected chi connectivity index (χ1v) is 10.6. The Balaban J connectivity index is 1.48. The van der Waals surface area contributed by atoms with Crippen LogP contribution in [0, 0.1) is 23.7 Å². The van der Waals surface area contributed by atoms with E-state index in [0.717, 1.165) is 6.42 Å². The van der Waals surface area contributed by atoms with Crippen molar-refractivity contribution >= 4 is 40.7 Å². The first kappa shape index (κ1) is 19.8. The minimum atomic E-state index is -0.453. The highest BCUT2D eigenvalue weighted by Gasteiger charge is 2.61. The van der Waals surface area contributed by atoms with E-state index >= 15 is 0 Å². The minimum Gasteiger partial charge on any atom is -0.495 e. The third kappa shape index (κ3) is 2.97. The van der Waals surface area contributed by atoms with Crippen LogP contribution < -0.4 is 15.0 Å². The number of amides is 3. The van der Waals surface area contributed by atoms with Crippen molar-refractivity contribution < 1.29 is 19.1 Å². The number of carbonyl (C=O) groups excluding carboxylic acids is 3. The molecule has 1 heterocycles. The number of fused-ring (bicyclic) bond motifs is 5. The van der Waals surface area contributed by atoms with Gasteiger partial charge < -0.3 is 10.1 Å². The van der Waals surface area contributed by atoms with E-state index in [1.165, 1.54) is 17.6 Å². The molecule has 3 amide bonds. The van der Waals surface area contributed by atoms with Gasteiger partial charge in [-0.1, -0.05) is 35.4 Å². The number of carbonyl (C=O) groups is 3. The Morgan fingerprint density at radius 3 is 2.65 bits per heavy atom. The summed E-state index contributed by atoms with van der Waals surface area (Å²) in [5, 5.41) is 3.24. The summed E-state index contributed by atoms with van der Waals surface area (Å²) in [4.78, 5) is 41.0. The summed E-state index contributed by atoms with van der Waals surface area (Å²) < 4.78 is 5.29. The minimum absolute atomic E-state index is 0.105. The van der Waals surface area contributed by atoms with Crippen molar-refractivity contribution in [3.63, 3.8) is 0 Å². The summed E-state index contributed by atoms with van der Waals surface area (Å²) in [6.45, 7) is 2.03. The number of nitrogens with one attached hydrogen (secondary N) is 1. The van der Waals surface area contributed by atoms with Crippen LogP contribution in [0.15, 0.2) is 54.1 Å². The van der Waals surface area contributed by atoms with Crippen LogP contribution in [0.25, 0.3) is 0 Å². The monoisotopic (exact) mass is 436 g/mol. The third-order valence-electron chi connectivity index (χ3n) is 6.68. The molecule has 1 saturated heterocycles. The van der Waals surface area contributed by atoms with Gasteiger partial charge in [0.05, 0.1) is 35.9 Å². The number of benzene rings is 2. The molecule has 2 aromatic carbocycles. The van der Waals surface area contributed by atoms with Crippen LogP contribution >= 0.6 is 11.6 Å². The van der Waals surface area contributed by atoms with Gasteiger partial charge in [0.2, 0.25) is 11.8 Å². The lowest BCUT2D eigenvalue weighted by atomic mass is 9.82. The molecule has 1 aliphatic heterocycles. The molecule has 1 N–H and O–H groups in total. The van der Waals surface area contributed by atoms with Crippen molar-refractivity contribution in [2.75, 3.05) is 17.3 Å². The summed E-state index contributed by atoms with van der Waals surface area (Å²) in [5.74, 6) is -0.858. The maximum atomic E-state index is 13.3. The SMILES string of the molecule is COc1ccc(Cl)cc1NC(=O)c1ccccc1N1C(=O)[C@@H]2[C@@H](C1=O)[C@H]1C=C(C)[C@H]2C1. The highest BCUT2D eigenvalue weighted by Crippen LogP contribution is 2.56. The number of ether oxygens (including phenoxy) is 1. The number of anilines is 2. The molecular formula is C24H21ClN2O4. The predicted molar refractivity (Wildman–Crippen MR) is 117 cm³/mol. The number of hydrogen-bond acceptors (Lipinski definition) is 4. The summed E-state index contributed by atoms with van der Waals surface area (Å²) in [7, 11) is 1.50. The number of imide groups is 1. The molecule has 6 nitrogen and oxygen atoms in total. The molecule has 2 aliphatic carbocycles. The maximum absolute atomic E-state index is 13.3. The van der Waals surface area contributed by atoms with Crippen molar-refractivity contribution in [1.29, 1.82) is 0 Å². The number of nitrogens with zero attached hydrogens (tertiary/aromatic N) is 1. The molecular weight excluding hydrogens is 416 g/mol. The van der Waals surface area contributed by atoms with E-state index in [2.05, 4.69) is 11.4 Å². The number of hydrogen-bond donors (Lipinski definition) is 1. The average molecular weight is 437 g/mol. The first-order chi connectivity index (χ1) is 14.9. The molecule has 4 atom stereocenters. The quantitative estimate of drug-likeness (QED) is 0.572. The van der Waals surface area contributed by atoms with Crippen LogP contribution in [-0.2, 0) is 9.59 Å².